The van der Waals surface area contributed by atoms with Gasteiger partial charge in [-0.25, -0.2) is 17.9 Å². The second-order valence-electron chi connectivity index (χ2n) is 5.40. The predicted molar refractivity (Wildman–Crippen MR) is 85.1 cm³/mol. The van der Waals surface area contributed by atoms with Gasteiger partial charge in [0.15, 0.2) is 0 Å². The lowest BCUT2D eigenvalue weighted by Gasteiger charge is -2.12. The van der Waals surface area contributed by atoms with Gasteiger partial charge in [0.05, 0.1) is 19.1 Å². The average Bonchev–Trinajstić information content (AvgIpc) is 3.06. The fraction of sp³-hybridized carbons (Fsp3) is 0.533. The highest BCUT2D eigenvalue weighted by Gasteiger charge is 2.21. The van der Waals surface area contributed by atoms with Gasteiger partial charge >= 0.3 is 5.97 Å². The zero-order chi connectivity index (χ0) is 16.9. The zero-order valence-electron chi connectivity index (χ0n) is 13.3. The predicted octanol–water partition coefficient (Wildman–Crippen LogP) is 0.760. The van der Waals surface area contributed by atoms with Gasteiger partial charge in [-0.3, -0.25) is 0 Å². The van der Waals surface area contributed by atoms with Crippen molar-refractivity contribution in [3.63, 3.8) is 0 Å². The van der Waals surface area contributed by atoms with Crippen LogP contribution in [0.15, 0.2) is 23.1 Å². The number of methoxy groups -OCH3 is 2. The summed E-state index contributed by atoms with van der Waals surface area (Å²) in [6.45, 7) is 2.28. The number of carbonyl (C=O) groups excluding carboxylic acids is 1. The number of esters is 1. The number of ether oxygens (including phenoxy) is 2. The number of nitrogens with one attached hydrogen (secondary N) is 2. The van der Waals surface area contributed by atoms with Crippen molar-refractivity contribution in [2.75, 3.05) is 33.9 Å². The molecule has 1 aliphatic heterocycles. The molecule has 0 aliphatic carbocycles. The normalized spacial score (nSPS) is 17.9. The first-order chi connectivity index (χ1) is 11.0. The first-order valence-electron chi connectivity index (χ1n) is 7.44. The molecule has 8 heteroatoms. The number of sulfonamides is 1. The third-order valence-corrected chi connectivity index (χ3v) is 5.35. The maximum atomic E-state index is 12.3. The lowest BCUT2D eigenvalue weighted by atomic mass is 10.1. The summed E-state index contributed by atoms with van der Waals surface area (Å²) in [5.74, 6) is 0.128. The summed E-state index contributed by atoms with van der Waals surface area (Å²) in [6.07, 6.45) is 1.85. The second-order valence-corrected chi connectivity index (χ2v) is 7.17. The van der Waals surface area contributed by atoms with Crippen LogP contribution >= 0.6 is 0 Å². The van der Waals surface area contributed by atoms with Gasteiger partial charge in [0.1, 0.15) is 11.3 Å². The largest absolute Gasteiger partial charge is 0.496 e. The van der Waals surface area contributed by atoms with Crippen LogP contribution in [-0.2, 0) is 14.8 Å². The van der Waals surface area contributed by atoms with Crippen LogP contribution in [0.5, 0.6) is 5.75 Å². The first-order valence-corrected chi connectivity index (χ1v) is 8.93. The van der Waals surface area contributed by atoms with E-state index in [4.69, 9.17) is 4.74 Å². The van der Waals surface area contributed by atoms with Crippen LogP contribution in [0.3, 0.4) is 0 Å². The minimum Gasteiger partial charge on any atom is -0.496 e. The Hall–Kier alpha value is -1.64. The Morgan fingerprint density at radius 3 is 2.78 bits per heavy atom. The summed E-state index contributed by atoms with van der Waals surface area (Å²) in [4.78, 5) is 11.8. The van der Waals surface area contributed by atoms with E-state index in [0.717, 1.165) is 25.9 Å². The van der Waals surface area contributed by atoms with E-state index in [9.17, 15) is 13.2 Å². The molecule has 0 aromatic heterocycles. The molecule has 128 valence electrons. The molecule has 1 saturated heterocycles. The maximum absolute atomic E-state index is 12.3. The molecule has 0 radical (unpaired) electrons. The topological polar surface area (TPSA) is 93.7 Å². The van der Waals surface area contributed by atoms with Crippen molar-refractivity contribution in [1.82, 2.24) is 10.0 Å². The Balaban J connectivity index is 2.10. The van der Waals surface area contributed by atoms with E-state index in [-0.39, 0.29) is 16.2 Å². The monoisotopic (exact) mass is 342 g/mol. The molecular weight excluding hydrogens is 320 g/mol. The molecule has 0 bridgehead atoms. The van der Waals surface area contributed by atoms with E-state index in [1.165, 1.54) is 32.4 Å². The van der Waals surface area contributed by atoms with Crippen molar-refractivity contribution >= 4 is 16.0 Å². The molecule has 1 heterocycles. The molecule has 1 aromatic carbocycles. The van der Waals surface area contributed by atoms with Crippen LogP contribution in [0, 0.1) is 5.92 Å². The summed E-state index contributed by atoms with van der Waals surface area (Å²) in [5.41, 5.74) is 0.0814. The van der Waals surface area contributed by atoms with E-state index < -0.39 is 16.0 Å². The quantitative estimate of drug-likeness (QED) is 0.711. The molecule has 1 aromatic rings. The molecule has 2 N–H and O–H groups in total. The van der Waals surface area contributed by atoms with E-state index >= 15 is 0 Å². The highest BCUT2D eigenvalue weighted by molar-refractivity contribution is 7.89. The molecule has 0 saturated carbocycles. The lowest BCUT2D eigenvalue weighted by molar-refractivity contribution is 0.0597. The smallest absolute Gasteiger partial charge is 0.341 e. The Bertz CT molecular complexity index is 654. The van der Waals surface area contributed by atoms with Crippen molar-refractivity contribution < 1.29 is 22.7 Å². The molecule has 2 rings (SSSR count). The van der Waals surface area contributed by atoms with Crippen LogP contribution < -0.4 is 14.8 Å². The van der Waals surface area contributed by atoms with Gasteiger partial charge in [-0.05, 0) is 50.0 Å². The van der Waals surface area contributed by atoms with Gasteiger partial charge in [0.25, 0.3) is 0 Å². The minimum atomic E-state index is -3.67. The fourth-order valence-electron chi connectivity index (χ4n) is 2.57. The summed E-state index contributed by atoms with van der Waals surface area (Å²) in [7, 11) is -1.04. The fourth-order valence-corrected chi connectivity index (χ4v) is 3.64. The summed E-state index contributed by atoms with van der Waals surface area (Å²) < 4.78 is 37.0. The standard InChI is InChI=1S/C15H22N2O5S/c1-21-14-4-3-12(9-13(14)15(18)22-2)23(19,20)17-8-6-11-5-7-16-10-11/h3-4,9,11,16-17H,5-8,10H2,1-2H3. The molecular formula is C15H22N2O5S. The number of rotatable bonds is 7. The van der Waals surface area contributed by atoms with Crippen molar-refractivity contribution in [1.29, 1.82) is 0 Å². The van der Waals surface area contributed by atoms with E-state index in [2.05, 4.69) is 14.8 Å². The van der Waals surface area contributed by atoms with Crippen molar-refractivity contribution in [3.8, 4) is 5.75 Å². The number of benzene rings is 1. The van der Waals surface area contributed by atoms with Gasteiger partial charge in [-0.15, -0.1) is 0 Å². The number of hydrogen-bond donors (Lipinski definition) is 2. The summed E-state index contributed by atoms with van der Waals surface area (Å²) in [6, 6.07) is 4.12. The maximum Gasteiger partial charge on any atom is 0.341 e. The van der Waals surface area contributed by atoms with Crippen LogP contribution in [0.25, 0.3) is 0 Å². The van der Waals surface area contributed by atoms with Crippen molar-refractivity contribution in [2.45, 2.75) is 17.7 Å². The van der Waals surface area contributed by atoms with Gasteiger partial charge in [0, 0.05) is 6.54 Å². The van der Waals surface area contributed by atoms with Crippen LogP contribution in [0.1, 0.15) is 23.2 Å². The first kappa shape index (κ1) is 17.7. The van der Waals surface area contributed by atoms with Crippen molar-refractivity contribution in [2.24, 2.45) is 5.92 Å². The second kappa shape index (κ2) is 7.76. The SMILES string of the molecule is COC(=O)c1cc(S(=O)(=O)NCCC2CCNC2)ccc1OC. The highest BCUT2D eigenvalue weighted by atomic mass is 32.2. The Labute approximate surface area is 136 Å². The molecule has 0 amide bonds. The van der Waals surface area contributed by atoms with E-state index in [1.807, 2.05) is 0 Å². The third-order valence-electron chi connectivity index (χ3n) is 3.89. The third kappa shape index (κ3) is 4.43. The summed E-state index contributed by atoms with van der Waals surface area (Å²) in [5, 5.41) is 3.25. The Morgan fingerprint density at radius 2 is 2.17 bits per heavy atom. The van der Waals surface area contributed by atoms with Gasteiger partial charge in [0.2, 0.25) is 10.0 Å². The molecule has 0 spiro atoms. The lowest BCUT2D eigenvalue weighted by Crippen LogP contribution is -2.27. The molecule has 1 aliphatic rings. The van der Waals surface area contributed by atoms with Crippen LogP contribution in [0.4, 0.5) is 0 Å². The van der Waals surface area contributed by atoms with Crippen LogP contribution in [0.2, 0.25) is 0 Å². The Morgan fingerprint density at radius 1 is 1.39 bits per heavy atom. The number of hydrogen-bond acceptors (Lipinski definition) is 6. The van der Waals surface area contributed by atoms with E-state index in [0.29, 0.717) is 12.5 Å². The molecule has 7 nitrogen and oxygen atoms in total. The Kier molecular flexibility index (Phi) is 5.97. The molecule has 1 unspecified atom stereocenters. The van der Waals surface area contributed by atoms with Crippen LogP contribution in [-0.4, -0.2) is 48.2 Å². The highest BCUT2D eigenvalue weighted by Crippen LogP contribution is 2.23. The molecule has 1 fully saturated rings. The average molecular weight is 342 g/mol. The zero-order valence-corrected chi connectivity index (χ0v) is 14.1. The van der Waals surface area contributed by atoms with Gasteiger partial charge < -0.3 is 14.8 Å². The van der Waals surface area contributed by atoms with E-state index in [1.54, 1.807) is 0 Å². The molecule has 1 atom stereocenters. The van der Waals surface area contributed by atoms with Gasteiger partial charge in [-0.1, -0.05) is 0 Å². The minimum absolute atomic E-state index is 0.0169. The summed E-state index contributed by atoms with van der Waals surface area (Å²) >= 11 is 0. The van der Waals surface area contributed by atoms with Crippen molar-refractivity contribution in [3.05, 3.63) is 23.8 Å². The molecule has 23 heavy (non-hydrogen) atoms. The van der Waals surface area contributed by atoms with Gasteiger partial charge in [-0.2, -0.15) is 0 Å². The number of carbonyl (C=O) groups is 1.